The van der Waals surface area contributed by atoms with Crippen LogP contribution in [-0.2, 0) is 0 Å². The van der Waals surface area contributed by atoms with Gasteiger partial charge in [-0.25, -0.2) is 4.98 Å². The van der Waals surface area contributed by atoms with Crippen LogP contribution < -0.4 is 10.6 Å². The molecule has 4 aromatic rings. The third-order valence-electron chi connectivity index (χ3n) is 5.38. The van der Waals surface area contributed by atoms with Crippen LogP contribution in [0.15, 0.2) is 79.1 Å². The van der Waals surface area contributed by atoms with Crippen molar-refractivity contribution in [2.75, 3.05) is 5.32 Å². The number of carbonyl (C=O) groups is 2. The molecule has 1 aliphatic rings. The van der Waals surface area contributed by atoms with Crippen molar-refractivity contribution in [2.24, 2.45) is 0 Å². The van der Waals surface area contributed by atoms with Crippen molar-refractivity contribution in [3.8, 4) is 0 Å². The van der Waals surface area contributed by atoms with Gasteiger partial charge in [0.15, 0.2) is 0 Å². The molecule has 6 heteroatoms. The molecular formula is C24H20N4O2. The van der Waals surface area contributed by atoms with E-state index in [0.717, 1.165) is 17.5 Å². The molecule has 1 saturated carbocycles. The van der Waals surface area contributed by atoms with Gasteiger partial charge in [-0.05, 0) is 42.3 Å². The fourth-order valence-corrected chi connectivity index (χ4v) is 3.69. The van der Waals surface area contributed by atoms with E-state index >= 15 is 0 Å². The summed E-state index contributed by atoms with van der Waals surface area (Å²) in [5.74, 6) is -0.0871. The molecule has 0 bridgehead atoms. The molecule has 30 heavy (non-hydrogen) atoms. The van der Waals surface area contributed by atoms with E-state index in [-0.39, 0.29) is 17.9 Å². The lowest BCUT2D eigenvalue weighted by molar-refractivity contribution is 0.0950. The zero-order valence-corrected chi connectivity index (χ0v) is 16.1. The van der Waals surface area contributed by atoms with E-state index in [4.69, 9.17) is 0 Å². The molecule has 2 aromatic carbocycles. The van der Waals surface area contributed by atoms with Gasteiger partial charge in [-0.3, -0.25) is 9.59 Å². The van der Waals surface area contributed by atoms with E-state index in [0.29, 0.717) is 22.7 Å². The quantitative estimate of drug-likeness (QED) is 0.475. The zero-order chi connectivity index (χ0) is 20.5. The van der Waals surface area contributed by atoms with Crippen molar-refractivity contribution >= 4 is 28.5 Å². The molecule has 2 atom stereocenters. The van der Waals surface area contributed by atoms with E-state index in [9.17, 15) is 9.59 Å². The average molecular weight is 396 g/mol. The molecule has 1 fully saturated rings. The number of benzene rings is 2. The molecule has 0 aliphatic heterocycles. The number of nitrogens with zero attached hydrogens (tertiary/aromatic N) is 1. The molecule has 6 nitrogen and oxygen atoms in total. The smallest absolute Gasteiger partial charge is 0.255 e. The van der Waals surface area contributed by atoms with Gasteiger partial charge in [-0.15, -0.1) is 0 Å². The van der Waals surface area contributed by atoms with E-state index in [1.165, 1.54) is 5.56 Å². The van der Waals surface area contributed by atoms with Crippen LogP contribution >= 0.6 is 0 Å². The first kappa shape index (κ1) is 18.1. The van der Waals surface area contributed by atoms with Gasteiger partial charge in [-0.1, -0.05) is 36.4 Å². The highest BCUT2D eigenvalue weighted by molar-refractivity contribution is 6.06. The second kappa shape index (κ2) is 7.48. The number of amides is 2. The number of anilines is 1. The van der Waals surface area contributed by atoms with Gasteiger partial charge in [0.05, 0.1) is 11.9 Å². The average Bonchev–Trinajstić information content (AvgIpc) is 3.39. The summed E-state index contributed by atoms with van der Waals surface area (Å²) in [6.45, 7) is 0. The molecule has 0 saturated heterocycles. The summed E-state index contributed by atoms with van der Waals surface area (Å²) in [7, 11) is 0. The number of H-pyrrole nitrogens is 1. The third kappa shape index (κ3) is 3.67. The number of aromatic amines is 1. The van der Waals surface area contributed by atoms with Crippen LogP contribution in [0.4, 0.5) is 5.69 Å². The Bertz CT molecular complexity index is 1230. The number of pyridine rings is 1. The molecule has 0 unspecified atom stereocenters. The lowest BCUT2D eigenvalue weighted by Crippen LogP contribution is -2.27. The van der Waals surface area contributed by atoms with Gasteiger partial charge >= 0.3 is 0 Å². The number of nitrogens with one attached hydrogen (secondary N) is 3. The standard InChI is InChI=1S/C24H20N4O2/c29-23(27-19-12-16-9-10-25-22(16)26-14-19)17-7-4-8-18(11-17)24(30)28-21-13-20(21)15-5-2-1-3-6-15/h1-12,14,20-21H,13H2,(H,25,26)(H,27,29)(H,28,30)/t20-,21+/m1/s1. The summed E-state index contributed by atoms with van der Waals surface area (Å²) in [6, 6.07) is 20.8. The summed E-state index contributed by atoms with van der Waals surface area (Å²) in [5.41, 5.74) is 3.50. The van der Waals surface area contributed by atoms with E-state index in [2.05, 4.69) is 32.7 Å². The number of aromatic nitrogens is 2. The molecule has 148 valence electrons. The van der Waals surface area contributed by atoms with Crippen molar-refractivity contribution < 1.29 is 9.59 Å². The summed E-state index contributed by atoms with van der Waals surface area (Å²) in [4.78, 5) is 32.6. The Hall–Kier alpha value is -3.93. The first-order valence-corrected chi connectivity index (χ1v) is 9.88. The van der Waals surface area contributed by atoms with Crippen molar-refractivity contribution in [1.82, 2.24) is 15.3 Å². The van der Waals surface area contributed by atoms with Crippen LogP contribution in [0.2, 0.25) is 0 Å². The number of hydrogen-bond donors (Lipinski definition) is 3. The van der Waals surface area contributed by atoms with Crippen LogP contribution in [-0.4, -0.2) is 27.8 Å². The summed E-state index contributed by atoms with van der Waals surface area (Å²) < 4.78 is 0. The van der Waals surface area contributed by atoms with Crippen LogP contribution in [0.1, 0.15) is 38.6 Å². The molecule has 0 radical (unpaired) electrons. The molecule has 1 aliphatic carbocycles. The van der Waals surface area contributed by atoms with Crippen LogP contribution in [0.5, 0.6) is 0 Å². The van der Waals surface area contributed by atoms with E-state index in [1.807, 2.05) is 30.3 Å². The lowest BCUT2D eigenvalue weighted by Gasteiger charge is -2.08. The Morgan fingerprint density at radius 2 is 1.73 bits per heavy atom. The molecular weight excluding hydrogens is 376 g/mol. The Morgan fingerprint density at radius 3 is 2.57 bits per heavy atom. The zero-order valence-electron chi connectivity index (χ0n) is 16.1. The topological polar surface area (TPSA) is 86.9 Å². The van der Waals surface area contributed by atoms with Crippen molar-refractivity contribution in [1.29, 1.82) is 0 Å². The summed E-state index contributed by atoms with van der Waals surface area (Å²) in [5, 5.41) is 6.82. The van der Waals surface area contributed by atoms with Crippen LogP contribution in [0.3, 0.4) is 0 Å². The number of hydrogen-bond acceptors (Lipinski definition) is 3. The van der Waals surface area contributed by atoms with Gasteiger partial charge in [-0.2, -0.15) is 0 Å². The molecule has 2 heterocycles. The predicted octanol–water partition coefficient (Wildman–Crippen LogP) is 4.10. The first-order valence-electron chi connectivity index (χ1n) is 9.88. The van der Waals surface area contributed by atoms with E-state index < -0.39 is 0 Å². The Kier molecular flexibility index (Phi) is 4.52. The van der Waals surface area contributed by atoms with Gasteiger partial charge in [0, 0.05) is 34.7 Å². The number of rotatable bonds is 5. The van der Waals surface area contributed by atoms with Crippen molar-refractivity contribution in [3.05, 3.63) is 95.8 Å². The minimum Gasteiger partial charge on any atom is -0.349 e. The summed E-state index contributed by atoms with van der Waals surface area (Å²) >= 11 is 0. The summed E-state index contributed by atoms with van der Waals surface area (Å²) in [6.07, 6.45) is 4.34. The minimum absolute atomic E-state index is 0.136. The SMILES string of the molecule is O=C(Nc1cnc2[nH]ccc2c1)c1cccc(C(=O)N[C@H]2C[C@@H]2c2ccccc2)c1. The number of fused-ring (bicyclic) bond motifs is 1. The van der Waals surface area contributed by atoms with Gasteiger partial charge in [0.2, 0.25) is 0 Å². The maximum atomic E-state index is 12.7. The third-order valence-corrected chi connectivity index (χ3v) is 5.38. The molecule has 3 N–H and O–H groups in total. The van der Waals surface area contributed by atoms with Gasteiger partial charge in [0.25, 0.3) is 11.8 Å². The van der Waals surface area contributed by atoms with Crippen molar-refractivity contribution in [3.63, 3.8) is 0 Å². The molecule has 0 spiro atoms. The fourth-order valence-electron chi connectivity index (χ4n) is 3.69. The highest BCUT2D eigenvalue weighted by Crippen LogP contribution is 2.40. The maximum Gasteiger partial charge on any atom is 0.255 e. The monoisotopic (exact) mass is 396 g/mol. The maximum absolute atomic E-state index is 12.7. The highest BCUT2D eigenvalue weighted by atomic mass is 16.2. The Labute approximate surface area is 173 Å². The second-order valence-electron chi connectivity index (χ2n) is 7.51. The van der Waals surface area contributed by atoms with Gasteiger partial charge in [0.1, 0.15) is 5.65 Å². The first-order chi connectivity index (χ1) is 14.7. The normalized spacial score (nSPS) is 17.5. The molecule has 5 rings (SSSR count). The lowest BCUT2D eigenvalue weighted by atomic mass is 10.1. The minimum atomic E-state index is -0.282. The fraction of sp³-hybridized carbons (Fsp3) is 0.125. The number of carbonyl (C=O) groups excluding carboxylic acids is 2. The second-order valence-corrected chi connectivity index (χ2v) is 7.51. The predicted molar refractivity (Wildman–Crippen MR) is 116 cm³/mol. The molecule has 2 amide bonds. The van der Waals surface area contributed by atoms with Gasteiger partial charge < -0.3 is 15.6 Å². The molecule has 2 aromatic heterocycles. The largest absolute Gasteiger partial charge is 0.349 e. The van der Waals surface area contributed by atoms with Crippen LogP contribution in [0, 0.1) is 0 Å². The van der Waals surface area contributed by atoms with Crippen molar-refractivity contribution in [2.45, 2.75) is 18.4 Å². The van der Waals surface area contributed by atoms with E-state index in [1.54, 1.807) is 36.7 Å². The highest BCUT2D eigenvalue weighted by Gasteiger charge is 2.39. The van der Waals surface area contributed by atoms with Crippen LogP contribution in [0.25, 0.3) is 11.0 Å². The Morgan fingerprint density at radius 1 is 0.933 bits per heavy atom. The Balaban J connectivity index is 1.25.